The van der Waals surface area contributed by atoms with E-state index in [1.165, 1.54) is 11.3 Å². The van der Waals surface area contributed by atoms with Crippen LogP contribution in [0, 0.1) is 0 Å². The number of hydrogen-bond acceptors (Lipinski definition) is 4. The molecule has 3 aromatic rings. The summed E-state index contributed by atoms with van der Waals surface area (Å²) in [5.41, 5.74) is 2.82. The molecule has 1 aliphatic rings. The summed E-state index contributed by atoms with van der Waals surface area (Å²) in [6.07, 6.45) is 0. The molecule has 2 aromatic heterocycles. The predicted octanol–water partition coefficient (Wildman–Crippen LogP) is 2.52. The molecule has 5 heteroatoms. The molecule has 4 nitrogen and oxygen atoms in total. The molecular weight excluding hydrogens is 260 g/mol. The van der Waals surface area contributed by atoms with E-state index in [1.807, 2.05) is 35.7 Å². The minimum Gasteiger partial charge on any atom is -0.463 e. The molecule has 0 N–H and O–H groups in total. The molecule has 0 saturated heterocycles. The Morgan fingerprint density at radius 2 is 2.11 bits per heavy atom. The van der Waals surface area contributed by atoms with Gasteiger partial charge in [0.1, 0.15) is 16.8 Å². The standard InChI is InChI=1S/C14H10N2O2S/c17-13-12-11(15-14-16(13)6-7-18-14)10(8-19-12)9-4-2-1-3-5-9/h1-5,8H,6-7H2. The molecule has 0 aliphatic carbocycles. The third-order valence-electron chi connectivity index (χ3n) is 3.27. The van der Waals surface area contributed by atoms with Crippen molar-refractivity contribution in [3.63, 3.8) is 0 Å². The first-order valence-corrected chi connectivity index (χ1v) is 6.93. The van der Waals surface area contributed by atoms with Crippen molar-refractivity contribution >= 4 is 21.6 Å². The summed E-state index contributed by atoms with van der Waals surface area (Å²) in [6.45, 7) is 1.12. The second-order valence-electron chi connectivity index (χ2n) is 4.39. The van der Waals surface area contributed by atoms with Crippen LogP contribution in [0.25, 0.3) is 21.3 Å². The molecular formula is C14H10N2O2S. The number of benzene rings is 1. The van der Waals surface area contributed by atoms with Crippen LogP contribution in [0.15, 0.2) is 40.5 Å². The molecule has 0 bridgehead atoms. The van der Waals surface area contributed by atoms with Crippen LogP contribution in [0.1, 0.15) is 0 Å². The van der Waals surface area contributed by atoms with Crippen molar-refractivity contribution in [2.45, 2.75) is 6.54 Å². The van der Waals surface area contributed by atoms with E-state index in [2.05, 4.69) is 4.98 Å². The topological polar surface area (TPSA) is 44.1 Å². The quantitative estimate of drug-likeness (QED) is 0.682. The highest BCUT2D eigenvalue weighted by Gasteiger charge is 2.20. The fourth-order valence-corrected chi connectivity index (χ4v) is 3.30. The lowest BCUT2D eigenvalue weighted by Gasteiger charge is -2.02. The third kappa shape index (κ3) is 1.51. The minimum absolute atomic E-state index is 0.00433. The number of ether oxygens (including phenoxy) is 1. The molecule has 19 heavy (non-hydrogen) atoms. The number of rotatable bonds is 1. The van der Waals surface area contributed by atoms with Crippen LogP contribution in [0.3, 0.4) is 0 Å². The van der Waals surface area contributed by atoms with E-state index in [1.54, 1.807) is 4.57 Å². The summed E-state index contributed by atoms with van der Waals surface area (Å²) in [7, 11) is 0. The number of aromatic nitrogens is 2. The van der Waals surface area contributed by atoms with E-state index in [9.17, 15) is 4.79 Å². The SMILES string of the molecule is O=c1c2scc(-c3ccccc3)c2nc2n1CCO2. The van der Waals surface area contributed by atoms with Gasteiger partial charge in [-0.3, -0.25) is 9.36 Å². The van der Waals surface area contributed by atoms with Gasteiger partial charge in [-0.05, 0) is 5.56 Å². The van der Waals surface area contributed by atoms with E-state index in [0.717, 1.165) is 16.6 Å². The monoisotopic (exact) mass is 270 g/mol. The van der Waals surface area contributed by atoms with Gasteiger partial charge in [0.15, 0.2) is 0 Å². The lowest BCUT2D eigenvalue weighted by atomic mass is 10.1. The van der Waals surface area contributed by atoms with Crippen LogP contribution in [-0.2, 0) is 6.54 Å². The Labute approximate surface area is 112 Å². The van der Waals surface area contributed by atoms with Crippen LogP contribution in [-0.4, -0.2) is 16.2 Å². The maximum atomic E-state index is 12.3. The maximum Gasteiger partial charge on any atom is 0.299 e. The predicted molar refractivity (Wildman–Crippen MR) is 74.8 cm³/mol. The van der Waals surface area contributed by atoms with E-state index in [-0.39, 0.29) is 5.56 Å². The molecule has 0 saturated carbocycles. The van der Waals surface area contributed by atoms with Crippen molar-refractivity contribution in [2.75, 3.05) is 6.61 Å². The smallest absolute Gasteiger partial charge is 0.299 e. The van der Waals surface area contributed by atoms with Gasteiger partial charge in [0.25, 0.3) is 11.6 Å². The highest BCUT2D eigenvalue weighted by atomic mass is 32.1. The number of hydrogen-bond donors (Lipinski definition) is 0. The van der Waals surface area contributed by atoms with Crippen LogP contribution < -0.4 is 10.3 Å². The van der Waals surface area contributed by atoms with E-state index >= 15 is 0 Å². The first-order valence-electron chi connectivity index (χ1n) is 6.05. The average Bonchev–Trinajstić information content (AvgIpc) is 3.07. The van der Waals surface area contributed by atoms with Gasteiger partial charge in [-0.2, -0.15) is 4.98 Å². The highest BCUT2D eigenvalue weighted by Crippen LogP contribution is 2.32. The minimum atomic E-state index is 0.00433. The molecule has 0 spiro atoms. The first-order chi connectivity index (χ1) is 9.34. The molecule has 0 fully saturated rings. The Hall–Kier alpha value is -2.14. The number of fused-ring (bicyclic) bond motifs is 2. The summed E-state index contributed by atoms with van der Waals surface area (Å²) < 4.78 is 7.71. The van der Waals surface area contributed by atoms with Crippen LogP contribution in [0.2, 0.25) is 0 Å². The van der Waals surface area contributed by atoms with Crippen LogP contribution >= 0.6 is 11.3 Å². The molecule has 0 unspecified atom stereocenters. The van der Waals surface area contributed by atoms with Crippen molar-refractivity contribution in [3.05, 3.63) is 46.1 Å². The van der Waals surface area contributed by atoms with Gasteiger partial charge < -0.3 is 4.74 Å². The van der Waals surface area contributed by atoms with E-state index in [0.29, 0.717) is 23.9 Å². The molecule has 0 atom stereocenters. The van der Waals surface area contributed by atoms with Crippen molar-refractivity contribution in [1.82, 2.24) is 9.55 Å². The largest absolute Gasteiger partial charge is 0.463 e. The van der Waals surface area contributed by atoms with Crippen molar-refractivity contribution in [1.29, 1.82) is 0 Å². The first kappa shape index (κ1) is 10.8. The van der Waals surface area contributed by atoms with Gasteiger partial charge in [0.05, 0.1) is 6.54 Å². The Morgan fingerprint density at radius 3 is 2.95 bits per heavy atom. The Kier molecular flexibility index (Phi) is 2.22. The van der Waals surface area contributed by atoms with E-state index < -0.39 is 0 Å². The molecule has 0 radical (unpaired) electrons. The lowest BCUT2D eigenvalue weighted by molar-refractivity contribution is 0.345. The number of thiophene rings is 1. The second kappa shape index (κ2) is 3.93. The summed E-state index contributed by atoms with van der Waals surface area (Å²) in [5.74, 6) is 0. The second-order valence-corrected chi connectivity index (χ2v) is 5.27. The maximum absolute atomic E-state index is 12.3. The highest BCUT2D eigenvalue weighted by molar-refractivity contribution is 7.17. The normalized spacial score (nSPS) is 13.5. The van der Waals surface area contributed by atoms with E-state index in [4.69, 9.17) is 4.74 Å². The summed E-state index contributed by atoms with van der Waals surface area (Å²) >= 11 is 1.45. The van der Waals surface area contributed by atoms with Gasteiger partial charge >= 0.3 is 0 Å². The zero-order chi connectivity index (χ0) is 12.8. The lowest BCUT2D eigenvalue weighted by Crippen LogP contribution is -2.17. The van der Waals surface area contributed by atoms with Gasteiger partial charge in [0.2, 0.25) is 0 Å². The van der Waals surface area contributed by atoms with Crippen LogP contribution in [0.5, 0.6) is 6.01 Å². The average molecular weight is 270 g/mol. The Morgan fingerprint density at radius 1 is 1.26 bits per heavy atom. The fraction of sp³-hybridized carbons (Fsp3) is 0.143. The summed E-state index contributed by atoms with van der Waals surface area (Å²) in [5, 5.41) is 1.99. The summed E-state index contributed by atoms with van der Waals surface area (Å²) in [4.78, 5) is 16.8. The number of nitrogens with zero attached hydrogens (tertiary/aromatic N) is 2. The van der Waals surface area contributed by atoms with Gasteiger partial charge in [-0.1, -0.05) is 30.3 Å². The fourth-order valence-electron chi connectivity index (χ4n) is 2.34. The summed E-state index contributed by atoms with van der Waals surface area (Å²) in [6, 6.07) is 10.4. The third-order valence-corrected chi connectivity index (χ3v) is 4.23. The molecule has 3 heterocycles. The molecule has 94 valence electrons. The zero-order valence-electron chi connectivity index (χ0n) is 10.00. The Bertz CT molecular complexity index is 821. The van der Waals surface area contributed by atoms with Gasteiger partial charge in [-0.15, -0.1) is 11.3 Å². The molecule has 1 aromatic carbocycles. The van der Waals surface area contributed by atoms with Crippen molar-refractivity contribution in [2.24, 2.45) is 0 Å². The van der Waals surface area contributed by atoms with Crippen molar-refractivity contribution < 1.29 is 4.74 Å². The Balaban J connectivity index is 2.05. The zero-order valence-corrected chi connectivity index (χ0v) is 10.8. The van der Waals surface area contributed by atoms with Crippen molar-refractivity contribution in [3.8, 4) is 17.1 Å². The van der Waals surface area contributed by atoms with Crippen LogP contribution in [0.4, 0.5) is 0 Å². The van der Waals surface area contributed by atoms with Gasteiger partial charge in [0, 0.05) is 10.9 Å². The molecule has 4 rings (SSSR count). The van der Waals surface area contributed by atoms with Gasteiger partial charge in [-0.25, -0.2) is 0 Å². The molecule has 0 amide bonds. The molecule has 1 aliphatic heterocycles.